The summed E-state index contributed by atoms with van der Waals surface area (Å²) in [5, 5.41) is 1.36. The van der Waals surface area contributed by atoms with E-state index < -0.39 is 0 Å². The molecule has 1 aliphatic heterocycles. The van der Waals surface area contributed by atoms with Crippen LogP contribution in [0.15, 0.2) is 66.9 Å². The molecule has 0 atom stereocenters. The summed E-state index contributed by atoms with van der Waals surface area (Å²) in [4.78, 5) is 8.48. The third-order valence-corrected chi connectivity index (χ3v) is 5.01. The molecule has 3 heteroatoms. The van der Waals surface area contributed by atoms with E-state index >= 15 is 0 Å². The summed E-state index contributed by atoms with van der Waals surface area (Å²) in [6.07, 6.45) is 6.67. The summed E-state index contributed by atoms with van der Waals surface area (Å²) < 4.78 is 0. The van der Waals surface area contributed by atoms with Gasteiger partial charge in [0, 0.05) is 56.4 Å². The van der Waals surface area contributed by atoms with Crippen LogP contribution in [0.4, 0.5) is 0 Å². The Bertz CT molecular complexity index is 827. The first kappa shape index (κ1) is 16.1. The topological polar surface area (TPSA) is 22.3 Å². The van der Waals surface area contributed by atoms with Gasteiger partial charge in [-0.2, -0.15) is 0 Å². The first-order valence-electron chi connectivity index (χ1n) is 9.10. The Morgan fingerprint density at radius 3 is 2.40 bits per heavy atom. The number of H-pyrrole nitrogens is 1. The Morgan fingerprint density at radius 2 is 1.56 bits per heavy atom. The lowest BCUT2D eigenvalue weighted by atomic mass is 10.1. The van der Waals surface area contributed by atoms with Crippen LogP contribution in [-0.4, -0.2) is 47.5 Å². The van der Waals surface area contributed by atoms with Gasteiger partial charge in [-0.15, -0.1) is 0 Å². The minimum absolute atomic E-state index is 1.04. The zero-order chi connectivity index (χ0) is 16.9. The van der Waals surface area contributed by atoms with Crippen molar-refractivity contribution in [3.63, 3.8) is 0 Å². The van der Waals surface area contributed by atoms with E-state index in [1.54, 1.807) is 0 Å². The number of benzene rings is 2. The Hall–Kier alpha value is -2.36. The highest BCUT2D eigenvalue weighted by Crippen LogP contribution is 2.19. The molecule has 128 valence electrons. The lowest BCUT2D eigenvalue weighted by Gasteiger charge is -2.34. The van der Waals surface area contributed by atoms with Crippen molar-refractivity contribution in [1.82, 2.24) is 14.8 Å². The van der Waals surface area contributed by atoms with Crippen molar-refractivity contribution in [3.05, 3.63) is 78.0 Å². The van der Waals surface area contributed by atoms with Crippen molar-refractivity contribution < 1.29 is 0 Å². The van der Waals surface area contributed by atoms with Crippen molar-refractivity contribution in [1.29, 1.82) is 0 Å². The number of aromatic nitrogens is 1. The van der Waals surface area contributed by atoms with E-state index in [4.69, 9.17) is 0 Å². The van der Waals surface area contributed by atoms with Crippen LogP contribution in [0.5, 0.6) is 0 Å². The Balaban J connectivity index is 1.28. The van der Waals surface area contributed by atoms with Crippen LogP contribution in [0.2, 0.25) is 0 Å². The van der Waals surface area contributed by atoms with Crippen LogP contribution in [0.25, 0.3) is 17.0 Å². The largest absolute Gasteiger partial charge is 0.361 e. The molecular formula is C22H25N3. The molecule has 0 saturated carbocycles. The lowest BCUT2D eigenvalue weighted by Crippen LogP contribution is -2.45. The second-order valence-electron chi connectivity index (χ2n) is 6.75. The molecule has 0 spiro atoms. The number of para-hydroxylation sites is 1. The van der Waals surface area contributed by atoms with E-state index in [1.165, 1.54) is 22.0 Å². The summed E-state index contributed by atoms with van der Waals surface area (Å²) in [5.74, 6) is 0. The van der Waals surface area contributed by atoms with Crippen molar-refractivity contribution in [2.24, 2.45) is 0 Å². The monoisotopic (exact) mass is 331 g/mol. The average Bonchev–Trinajstić information content (AvgIpc) is 3.07. The molecular weight excluding hydrogens is 306 g/mol. The van der Waals surface area contributed by atoms with E-state index in [0.29, 0.717) is 0 Å². The maximum absolute atomic E-state index is 3.38. The highest BCUT2D eigenvalue weighted by atomic mass is 15.3. The fourth-order valence-electron chi connectivity index (χ4n) is 3.54. The molecule has 1 fully saturated rings. The van der Waals surface area contributed by atoms with Gasteiger partial charge in [0.2, 0.25) is 0 Å². The fraction of sp³-hybridized carbons (Fsp3) is 0.273. The number of hydrogen-bond donors (Lipinski definition) is 1. The normalized spacial score (nSPS) is 16.8. The second kappa shape index (κ2) is 7.68. The SMILES string of the molecule is C(=Cc1ccccc1)CN1CCN(Cc2c[nH]c3ccccc23)CC1. The number of piperazine rings is 1. The standard InChI is InChI=1S/C22H25N3/c1-2-7-19(8-3-1)9-6-12-24-13-15-25(16-14-24)18-20-17-23-22-11-5-4-10-21(20)22/h1-11,17,23H,12-16,18H2. The summed E-state index contributed by atoms with van der Waals surface area (Å²) in [6.45, 7) is 6.63. The highest BCUT2D eigenvalue weighted by molar-refractivity contribution is 5.82. The van der Waals surface area contributed by atoms with Crippen LogP contribution in [0.1, 0.15) is 11.1 Å². The van der Waals surface area contributed by atoms with Gasteiger partial charge in [0.25, 0.3) is 0 Å². The lowest BCUT2D eigenvalue weighted by molar-refractivity contribution is 0.137. The first-order chi connectivity index (χ1) is 12.4. The summed E-state index contributed by atoms with van der Waals surface area (Å²) in [6, 6.07) is 19.1. The molecule has 3 nitrogen and oxygen atoms in total. The molecule has 2 heterocycles. The van der Waals surface area contributed by atoms with Gasteiger partial charge < -0.3 is 4.98 Å². The van der Waals surface area contributed by atoms with Gasteiger partial charge in [-0.1, -0.05) is 60.7 Å². The van der Waals surface area contributed by atoms with Crippen LogP contribution >= 0.6 is 0 Å². The number of nitrogens with zero attached hydrogens (tertiary/aromatic N) is 2. The number of rotatable bonds is 5. The van der Waals surface area contributed by atoms with Gasteiger partial charge in [0.15, 0.2) is 0 Å². The van der Waals surface area contributed by atoms with Crippen molar-refractivity contribution >= 4 is 17.0 Å². The molecule has 0 unspecified atom stereocenters. The zero-order valence-electron chi connectivity index (χ0n) is 14.6. The van der Waals surface area contributed by atoms with Crippen molar-refractivity contribution in [2.45, 2.75) is 6.54 Å². The molecule has 1 saturated heterocycles. The molecule has 1 aliphatic rings. The van der Waals surface area contributed by atoms with Crippen LogP contribution < -0.4 is 0 Å². The molecule has 0 bridgehead atoms. The van der Waals surface area contributed by atoms with Crippen molar-refractivity contribution in [2.75, 3.05) is 32.7 Å². The molecule has 2 aromatic carbocycles. The first-order valence-corrected chi connectivity index (χ1v) is 9.10. The molecule has 0 aliphatic carbocycles. The Labute approximate surface area is 149 Å². The summed E-state index contributed by atoms with van der Waals surface area (Å²) in [7, 11) is 0. The van der Waals surface area contributed by atoms with Crippen LogP contribution in [0, 0.1) is 0 Å². The summed E-state index contributed by atoms with van der Waals surface area (Å²) in [5.41, 5.74) is 3.93. The second-order valence-corrected chi connectivity index (χ2v) is 6.75. The van der Waals surface area contributed by atoms with Gasteiger partial charge in [0.1, 0.15) is 0 Å². The molecule has 1 aromatic heterocycles. The fourth-order valence-corrected chi connectivity index (χ4v) is 3.54. The quantitative estimate of drug-likeness (QED) is 0.763. The molecule has 3 aromatic rings. The molecule has 0 radical (unpaired) electrons. The zero-order valence-corrected chi connectivity index (χ0v) is 14.6. The maximum atomic E-state index is 3.38. The third-order valence-electron chi connectivity index (χ3n) is 5.01. The molecule has 1 N–H and O–H groups in total. The van der Waals surface area contributed by atoms with Gasteiger partial charge in [0.05, 0.1) is 0 Å². The highest BCUT2D eigenvalue weighted by Gasteiger charge is 2.17. The molecule has 25 heavy (non-hydrogen) atoms. The number of hydrogen-bond acceptors (Lipinski definition) is 2. The predicted octanol–water partition coefficient (Wildman–Crippen LogP) is 4.00. The minimum Gasteiger partial charge on any atom is -0.361 e. The van der Waals surface area contributed by atoms with Gasteiger partial charge in [-0.3, -0.25) is 9.80 Å². The van der Waals surface area contributed by atoms with E-state index in [-0.39, 0.29) is 0 Å². The smallest absolute Gasteiger partial charge is 0.0457 e. The Kier molecular flexibility index (Phi) is 4.96. The van der Waals surface area contributed by atoms with E-state index in [2.05, 4.69) is 87.7 Å². The molecule has 0 amide bonds. The van der Waals surface area contributed by atoms with E-state index in [1.807, 2.05) is 0 Å². The predicted molar refractivity (Wildman–Crippen MR) is 105 cm³/mol. The van der Waals surface area contributed by atoms with Gasteiger partial charge in [-0.05, 0) is 17.2 Å². The number of nitrogens with one attached hydrogen (secondary N) is 1. The van der Waals surface area contributed by atoms with Crippen LogP contribution in [0.3, 0.4) is 0 Å². The van der Waals surface area contributed by atoms with Gasteiger partial charge in [-0.25, -0.2) is 0 Å². The van der Waals surface area contributed by atoms with Gasteiger partial charge >= 0.3 is 0 Å². The maximum Gasteiger partial charge on any atom is 0.0457 e. The van der Waals surface area contributed by atoms with Crippen molar-refractivity contribution in [3.8, 4) is 0 Å². The average molecular weight is 331 g/mol. The third kappa shape index (κ3) is 4.01. The van der Waals surface area contributed by atoms with E-state index in [0.717, 1.165) is 39.3 Å². The summed E-state index contributed by atoms with van der Waals surface area (Å²) >= 11 is 0. The number of fused-ring (bicyclic) bond motifs is 1. The van der Waals surface area contributed by atoms with E-state index in [9.17, 15) is 0 Å². The minimum atomic E-state index is 1.04. The Morgan fingerprint density at radius 1 is 0.840 bits per heavy atom. The number of aromatic amines is 1. The van der Waals surface area contributed by atoms with Crippen LogP contribution in [-0.2, 0) is 6.54 Å². The molecule has 4 rings (SSSR count).